The SMILES string of the molecule is CC1Cc2[nH]c(OC3CCC(C(=O)O)CC3)nc2NC(c2cccc(N3CCCC3)c2)C1Cl. The highest BCUT2D eigenvalue weighted by Crippen LogP contribution is 2.39. The lowest BCUT2D eigenvalue weighted by Crippen LogP contribution is -2.28. The molecular weight excluding hydrogens is 440 g/mol. The predicted octanol–water partition coefficient (Wildman–Crippen LogP) is 4.98. The molecule has 1 aromatic carbocycles. The topological polar surface area (TPSA) is 90.5 Å². The lowest BCUT2D eigenvalue weighted by molar-refractivity contribution is -0.143. The monoisotopic (exact) mass is 472 g/mol. The van der Waals surface area contributed by atoms with Crippen molar-refractivity contribution < 1.29 is 14.6 Å². The lowest BCUT2D eigenvalue weighted by atomic mass is 9.87. The Kier molecular flexibility index (Phi) is 6.41. The van der Waals surface area contributed by atoms with Crippen molar-refractivity contribution in [1.82, 2.24) is 9.97 Å². The van der Waals surface area contributed by atoms with Gasteiger partial charge in [-0.15, -0.1) is 11.6 Å². The number of nitrogens with one attached hydrogen (secondary N) is 2. The van der Waals surface area contributed by atoms with E-state index in [1.165, 1.54) is 24.1 Å². The van der Waals surface area contributed by atoms with Crippen LogP contribution in [0, 0.1) is 11.8 Å². The number of carboxylic acids is 1. The van der Waals surface area contributed by atoms with Gasteiger partial charge < -0.3 is 25.0 Å². The number of aromatic nitrogens is 2. The van der Waals surface area contributed by atoms with Gasteiger partial charge in [0, 0.05) is 18.8 Å². The summed E-state index contributed by atoms with van der Waals surface area (Å²) in [5.74, 6) is 0.0983. The van der Waals surface area contributed by atoms with Gasteiger partial charge in [0.15, 0.2) is 5.82 Å². The smallest absolute Gasteiger partial charge is 0.306 e. The van der Waals surface area contributed by atoms with Crippen LogP contribution in [0.2, 0.25) is 0 Å². The molecule has 0 bridgehead atoms. The van der Waals surface area contributed by atoms with Gasteiger partial charge in [0.1, 0.15) is 6.10 Å². The molecule has 2 aliphatic heterocycles. The molecule has 0 radical (unpaired) electrons. The number of fused-ring (bicyclic) bond motifs is 1. The number of aliphatic carboxylic acids is 1. The van der Waals surface area contributed by atoms with Crippen molar-refractivity contribution in [3.05, 3.63) is 35.5 Å². The third-order valence-corrected chi connectivity index (χ3v) is 8.12. The van der Waals surface area contributed by atoms with E-state index in [9.17, 15) is 9.90 Å². The molecule has 3 unspecified atom stereocenters. The number of halogens is 1. The molecule has 3 atom stereocenters. The number of ether oxygens (including phenoxy) is 1. The van der Waals surface area contributed by atoms with E-state index in [0.29, 0.717) is 18.9 Å². The fourth-order valence-corrected chi connectivity index (χ4v) is 5.74. The summed E-state index contributed by atoms with van der Waals surface area (Å²) in [5.41, 5.74) is 3.45. The van der Waals surface area contributed by atoms with E-state index in [-0.39, 0.29) is 29.4 Å². The Labute approximate surface area is 199 Å². The first-order valence-corrected chi connectivity index (χ1v) is 12.7. The average molecular weight is 473 g/mol. The number of nitrogens with zero attached hydrogens (tertiary/aromatic N) is 2. The first-order chi connectivity index (χ1) is 16.0. The Morgan fingerprint density at radius 2 is 1.97 bits per heavy atom. The fraction of sp³-hybridized carbons (Fsp3) is 0.600. The summed E-state index contributed by atoms with van der Waals surface area (Å²) in [5, 5.41) is 12.7. The zero-order chi connectivity index (χ0) is 22.9. The molecule has 8 heteroatoms. The Hall–Kier alpha value is -2.41. The number of rotatable bonds is 5. The molecule has 2 aromatic rings. The summed E-state index contributed by atoms with van der Waals surface area (Å²) < 4.78 is 6.13. The van der Waals surface area contributed by atoms with Crippen molar-refractivity contribution in [3.63, 3.8) is 0 Å². The van der Waals surface area contributed by atoms with Gasteiger partial charge in [0.2, 0.25) is 0 Å². The molecule has 3 N–H and O–H groups in total. The van der Waals surface area contributed by atoms with Crippen LogP contribution in [0.15, 0.2) is 24.3 Å². The highest BCUT2D eigenvalue weighted by Gasteiger charge is 2.34. The number of benzene rings is 1. The summed E-state index contributed by atoms with van der Waals surface area (Å²) in [6.45, 7) is 4.40. The van der Waals surface area contributed by atoms with Gasteiger partial charge in [-0.25, -0.2) is 0 Å². The molecule has 0 spiro atoms. The second-order valence-electron chi connectivity index (χ2n) is 9.84. The second kappa shape index (κ2) is 9.45. The molecule has 1 aliphatic carbocycles. The maximum Gasteiger partial charge on any atom is 0.306 e. The fourth-order valence-electron chi connectivity index (χ4n) is 5.44. The molecule has 5 rings (SSSR count). The van der Waals surface area contributed by atoms with Crippen LogP contribution in [0.1, 0.15) is 62.7 Å². The summed E-state index contributed by atoms with van der Waals surface area (Å²) >= 11 is 6.97. The Morgan fingerprint density at radius 3 is 2.70 bits per heavy atom. The second-order valence-corrected chi connectivity index (χ2v) is 10.3. The average Bonchev–Trinajstić information content (AvgIpc) is 3.46. The van der Waals surface area contributed by atoms with E-state index >= 15 is 0 Å². The summed E-state index contributed by atoms with van der Waals surface area (Å²) in [6.07, 6.45) is 6.07. The number of anilines is 2. The molecule has 3 heterocycles. The molecule has 7 nitrogen and oxygen atoms in total. The van der Waals surface area contributed by atoms with Crippen LogP contribution in [0.4, 0.5) is 11.5 Å². The highest BCUT2D eigenvalue weighted by molar-refractivity contribution is 6.21. The normalized spacial score (nSPS) is 29.8. The van der Waals surface area contributed by atoms with Crippen LogP contribution in [0.25, 0.3) is 0 Å². The van der Waals surface area contributed by atoms with Gasteiger partial charge in [-0.3, -0.25) is 4.79 Å². The predicted molar refractivity (Wildman–Crippen MR) is 129 cm³/mol. The third kappa shape index (κ3) is 4.79. The number of carbonyl (C=O) groups is 1. The number of H-pyrrole nitrogens is 1. The van der Waals surface area contributed by atoms with E-state index in [4.69, 9.17) is 21.3 Å². The van der Waals surface area contributed by atoms with Crippen LogP contribution in [0.5, 0.6) is 6.01 Å². The molecule has 33 heavy (non-hydrogen) atoms. The molecule has 0 amide bonds. The van der Waals surface area contributed by atoms with Crippen molar-refractivity contribution in [2.24, 2.45) is 11.8 Å². The lowest BCUT2D eigenvalue weighted by Gasteiger charge is -2.27. The standard InChI is InChI=1S/C25H33ClN4O3/c1-15-13-20-23(29-25(27-20)33-19-9-7-16(8-10-19)24(31)32)28-22(21(15)26)17-5-4-6-18(14-17)30-11-2-3-12-30/h4-6,14-16,19,21-22,28H,2-3,7-13H2,1H3,(H,27,29)(H,31,32). The van der Waals surface area contributed by atoms with Gasteiger partial charge in [-0.2, -0.15) is 4.98 Å². The molecule has 1 aromatic heterocycles. The summed E-state index contributed by atoms with van der Waals surface area (Å²) in [4.78, 5) is 21.7. The molecule has 1 saturated heterocycles. The zero-order valence-corrected chi connectivity index (χ0v) is 19.9. The minimum absolute atomic E-state index is 0.00142. The van der Waals surface area contributed by atoms with Crippen molar-refractivity contribution in [1.29, 1.82) is 0 Å². The largest absolute Gasteiger partial charge is 0.481 e. The van der Waals surface area contributed by atoms with Gasteiger partial charge in [-0.1, -0.05) is 19.1 Å². The zero-order valence-electron chi connectivity index (χ0n) is 19.1. The molecular formula is C25H33ClN4O3. The van der Waals surface area contributed by atoms with Crippen LogP contribution < -0.4 is 15.0 Å². The van der Waals surface area contributed by atoms with Crippen LogP contribution in [-0.2, 0) is 11.2 Å². The molecule has 2 fully saturated rings. The minimum atomic E-state index is -0.702. The maximum absolute atomic E-state index is 11.2. The van der Waals surface area contributed by atoms with Crippen molar-refractivity contribution in [2.75, 3.05) is 23.3 Å². The number of hydrogen-bond donors (Lipinski definition) is 3. The van der Waals surface area contributed by atoms with Crippen molar-refractivity contribution in [3.8, 4) is 6.01 Å². The van der Waals surface area contributed by atoms with Gasteiger partial charge in [-0.05, 0) is 68.6 Å². The molecule has 1 saturated carbocycles. The summed E-state index contributed by atoms with van der Waals surface area (Å²) in [7, 11) is 0. The molecule has 178 valence electrons. The van der Waals surface area contributed by atoms with Gasteiger partial charge >= 0.3 is 5.97 Å². The van der Waals surface area contributed by atoms with Crippen molar-refractivity contribution in [2.45, 2.75) is 69.4 Å². The van der Waals surface area contributed by atoms with E-state index < -0.39 is 5.97 Å². The van der Waals surface area contributed by atoms with E-state index in [1.54, 1.807) is 0 Å². The number of carboxylic acid groups (broad SMARTS) is 1. The Balaban J connectivity index is 1.32. The van der Waals surface area contributed by atoms with Gasteiger partial charge in [0.25, 0.3) is 6.01 Å². The number of imidazole rings is 1. The van der Waals surface area contributed by atoms with Gasteiger partial charge in [0.05, 0.1) is 23.0 Å². The minimum Gasteiger partial charge on any atom is -0.481 e. The van der Waals surface area contributed by atoms with Crippen LogP contribution >= 0.6 is 11.6 Å². The summed E-state index contributed by atoms with van der Waals surface area (Å²) in [6, 6.07) is 9.18. The highest BCUT2D eigenvalue weighted by atomic mass is 35.5. The third-order valence-electron chi connectivity index (χ3n) is 7.44. The molecule has 3 aliphatic rings. The number of alkyl halides is 1. The quantitative estimate of drug-likeness (QED) is 0.531. The van der Waals surface area contributed by atoms with E-state index in [1.807, 2.05) is 0 Å². The Morgan fingerprint density at radius 1 is 1.21 bits per heavy atom. The number of hydrogen-bond acceptors (Lipinski definition) is 5. The maximum atomic E-state index is 11.2. The first kappa shape index (κ1) is 22.4. The van der Waals surface area contributed by atoms with E-state index in [2.05, 4.69) is 46.4 Å². The van der Waals surface area contributed by atoms with Crippen LogP contribution in [0.3, 0.4) is 0 Å². The van der Waals surface area contributed by atoms with Crippen molar-refractivity contribution >= 4 is 29.1 Å². The van der Waals surface area contributed by atoms with E-state index in [0.717, 1.165) is 43.9 Å². The Bertz CT molecular complexity index is 982. The number of aromatic amines is 1. The van der Waals surface area contributed by atoms with Crippen LogP contribution in [-0.4, -0.2) is 45.6 Å². The first-order valence-electron chi connectivity index (χ1n) is 12.2.